The summed E-state index contributed by atoms with van der Waals surface area (Å²) in [5.74, 6) is -5.14. The molecular weight excluding hydrogens is 552 g/mol. The highest BCUT2D eigenvalue weighted by Crippen LogP contribution is 2.50. The molecule has 0 bridgehead atoms. The van der Waals surface area contributed by atoms with Gasteiger partial charge in [-0.1, -0.05) is 0 Å². The summed E-state index contributed by atoms with van der Waals surface area (Å²) < 4.78 is 11.6. The molecular formula is C30H20O12. The maximum Gasteiger partial charge on any atom is 0.197 e. The maximum absolute atomic E-state index is 13.2. The number of phenols is 8. The van der Waals surface area contributed by atoms with Gasteiger partial charge in [-0.15, -0.1) is 0 Å². The average molecular weight is 572 g/mol. The fourth-order valence-electron chi connectivity index (χ4n) is 5.05. The average Bonchev–Trinajstić information content (AvgIpc) is 2.90. The number of benzene rings is 4. The Morgan fingerprint density at radius 1 is 0.667 bits per heavy atom. The van der Waals surface area contributed by atoms with Crippen molar-refractivity contribution in [1.82, 2.24) is 0 Å². The van der Waals surface area contributed by atoms with Crippen LogP contribution in [0.4, 0.5) is 0 Å². The maximum atomic E-state index is 13.2. The van der Waals surface area contributed by atoms with E-state index in [1.807, 2.05) is 0 Å². The van der Waals surface area contributed by atoms with Crippen LogP contribution in [-0.2, 0) is 0 Å². The molecule has 12 nitrogen and oxygen atoms in total. The molecule has 0 saturated carbocycles. The van der Waals surface area contributed by atoms with Crippen molar-refractivity contribution >= 4 is 16.8 Å². The quantitative estimate of drug-likeness (QED) is 0.140. The summed E-state index contributed by atoms with van der Waals surface area (Å²) in [5.41, 5.74) is -1.38. The summed E-state index contributed by atoms with van der Waals surface area (Å²) in [4.78, 5) is 26.1. The van der Waals surface area contributed by atoms with Gasteiger partial charge < -0.3 is 50.0 Å². The van der Waals surface area contributed by atoms with Crippen LogP contribution in [0.25, 0.3) is 33.4 Å². The van der Waals surface area contributed by atoms with Crippen LogP contribution in [0.2, 0.25) is 0 Å². The van der Waals surface area contributed by atoms with Crippen molar-refractivity contribution in [3.8, 4) is 74.2 Å². The predicted octanol–water partition coefficient (Wildman–Crippen LogP) is 4.48. The second kappa shape index (κ2) is 9.27. The summed E-state index contributed by atoms with van der Waals surface area (Å²) in [7, 11) is 0. The molecule has 42 heavy (non-hydrogen) atoms. The van der Waals surface area contributed by atoms with Gasteiger partial charge in [0.05, 0.1) is 12.0 Å². The normalized spacial score (nSPS) is 14.5. The highest BCUT2D eigenvalue weighted by molar-refractivity contribution is 6.03. The van der Waals surface area contributed by atoms with Crippen molar-refractivity contribution in [2.45, 2.75) is 12.5 Å². The molecule has 0 radical (unpaired) electrons. The first-order chi connectivity index (χ1) is 19.9. The molecule has 0 unspecified atom stereocenters. The van der Waals surface area contributed by atoms with Crippen molar-refractivity contribution in [2.24, 2.45) is 0 Å². The smallest absolute Gasteiger partial charge is 0.197 e. The summed E-state index contributed by atoms with van der Waals surface area (Å²) in [6.07, 6.45) is -1.56. The Morgan fingerprint density at radius 3 is 2.10 bits per heavy atom. The number of carbonyl (C=O) groups is 1. The lowest BCUT2D eigenvalue weighted by molar-refractivity contribution is 0.0845. The van der Waals surface area contributed by atoms with Crippen molar-refractivity contribution < 1.29 is 54.8 Å². The van der Waals surface area contributed by atoms with Crippen LogP contribution in [0.15, 0.2) is 63.8 Å². The van der Waals surface area contributed by atoms with Crippen molar-refractivity contribution in [2.75, 3.05) is 0 Å². The summed E-state index contributed by atoms with van der Waals surface area (Å²) in [6, 6.07) is 9.94. The lowest BCUT2D eigenvalue weighted by Gasteiger charge is -2.28. The van der Waals surface area contributed by atoms with E-state index >= 15 is 0 Å². The van der Waals surface area contributed by atoms with Gasteiger partial charge in [-0.2, -0.15) is 0 Å². The minimum atomic E-state index is -1.19. The molecule has 0 aliphatic carbocycles. The van der Waals surface area contributed by atoms with Crippen molar-refractivity contribution in [3.05, 3.63) is 75.9 Å². The van der Waals surface area contributed by atoms with Crippen LogP contribution < -0.4 is 10.2 Å². The van der Waals surface area contributed by atoms with E-state index in [0.29, 0.717) is 0 Å². The van der Waals surface area contributed by atoms with Crippen LogP contribution in [0.3, 0.4) is 0 Å². The molecule has 2 heterocycles. The zero-order valence-corrected chi connectivity index (χ0v) is 21.2. The molecule has 6 rings (SSSR count). The zero-order chi connectivity index (χ0) is 30.0. The molecule has 4 aromatic carbocycles. The van der Waals surface area contributed by atoms with Gasteiger partial charge in [0.2, 0.25) is 0 Å². The lowest BCUT2D eigenvalue weighted by Crippen LogP contribution is -2.21. The number of rotatable bonds is 3. The number of aromatic hydroxyl groups is 8. The van der Waals surface area contributed by atoms with Gasteiger partial charge >= 0.3 is 0 Å². The summed E-state index contributed by atoms with van der Waals surface area (Å²) in [6.45, 7) is 0. The molecule has 1 aromatic heterocycles. The van der Waals surface area contributed by atoms with Crippen LogP contribution >= 0.6 is 0 Å². The minimum absolute atomic E-state index is 0.0117. The molecule has 1 atom stereocenters. The molecule has 0 saturated heterocycles. The van der Waals surface area contributed by atoms with Crippen molar-refractivity contribution in [3.63, 3.8) is 0 Å². The van der Waals surface area contributed by atoms with E-state index in [1.54, 1.807) is 0 Å². The largest absolute Gasteiger partial charge is 0.508 e. The highest BCUT2D eigenvalue weighted by atomic mass is 16.5. The predicted molar refractivity (Wildman–Crippen MR) is 145 cm³/mol. The van der Waals surface area contributed by atoms with E-state index in [1.165, 1.54) is 12.1 Å². The SMILES string of the molecule is O=C1C[C@@H](c2cc(O)c(O)cc2-c2c(O)cc3oc(-c4ccc(O)c(O)c4)cc(=O)c3c2O)Oc2cc(O)cc(O)c21. The molecule has 8 N–H and O–H groups in total. The standard InChI is InChI=1S/C30H20O12/c31-12-4-19(36)28-21(38)9-24(42-25(28)5-12)13-6-17(34)18(35)7-14(13)27-20(37)10-26-29(30(27)40)22(39)8-23(41-26)11-1-2-15(32)16(33)3-11/h1-8,10,24,31-37,40H,9H2/t24-/m0/s1. The van der Waals surface area contributed by atoms with Gasteiger partial charge in [0, 0.05) is 35.4 Å². The third-order valence-electron chi connectivity index (χ3n) is 6.98. The van der Waals surface area contributed by atoms with Gasteiger partial charge in [0.25, 0.3) is 0 Å². The van der Waals surface area contributed by atoms with E-state index in [-0.39, 0.29) is 62.5 Å². The number of carbonyl (C=O) groups excluding carboxylic acids is 1. The Kier molecular flexibility index (Phi) is 5.78. The first-order valence-corrected chi connectivity index (χ1v) is 12.3. The van der Waals surface area contributed by atoms with Crippen LogP contribution in [-0.4, -0.2) is 46.6 Å². The van der Waals surface area contributed by atoms with Crippen molar-refractivity contribution in [1.29, 1.82) is 0 Å². The van der Waals surface area contributed by atoms with E-state index in [0.717, 1.165) is 42.5 Å². The second-order valence-electron chi connectivity index (χ2n) is 9.67. The Labute approximate surface area is 234 Å². The second-order valence-corrected chi connectivity index (χ2v) is 9.67. The Balaban J connectivity index is 1.53. The number of hydrogen-bond acceptors (Lipinski definition) is 12. The van der Waals surface area contributed by atoms with E-state index in [4.69, 9.17) is 9.15 Å². The molecule has 5 aromatic rings. The van der Waals surface area contributed by atoms with Gasteiger partial charge in [-0.3, -0.25) is 9.59 Å². The molecule has 1 aliphatic rings. The minimum Gasteiger partial charge on any atom is -0.508 e. The van der Waals surface area contributed by atoms with E-state index < -0.39 is 57.6 Å². The van der Waals surface area contributed by atoms with Crippen LogP contribution in [0, 0.1) is 0 Å². The zero-order valence-electron chi connectivity index (χ0n) is 21.2. The van der Waals surface area contributed by atoms with Crippen LogP contribution in [0.5, 0.6) is 51.7 Å². The van der Waals surface area contributed by atoms with Gasteiger partial charge in [0.1, 0.15) is 57.1 Å². The Hall–Kier alpha value is -6.04. The van der Waals surface area contributed by atoms with Crippen LogP contribution in [0.1, 0.15) is 28.4 Å². The number of hydrogen-bond donors (Lipinski definition) is 8. The first-order valence-electron chi connectivity index (χ1n) is 12.3. The van der Waals surface area contributed by atoms with E-state index in [9.17, 15) is 50.4 Å². The molecule has 0 amide bonds. The molecule has 12 heteroatoms. The lowest BCUT2D eigenvalue weighted by atomic mass is 9.88. The van der Waals surface area contributed by atoms with Gasteiger partial charge in [-0.25, -0.2) is 0 Å². The third-order valence-corrected chi connectivity index (χ3v) is 6.98. The summed E-state index contributed by atoms with van der Waals surface area (Å²) >= 11 is 0. The van der Waals surface area contributed by atoms with E-state index in [2.05, 4.69) is 0 Å². The number of ether oxygens (including phenoxy) is 1. The third kappa shape index (κ3) is 4.09. The monoisotopic (exact) mass is 572 g/mol. The fourth-order valence-corrected chi connectivity index (χ4v) is 5.05. The number of ketones is 1. The fraction of sp³-hybridized carbons (Fsp3) is 0.0667. The Bertz CT molecular complexity index is 2020. The number of phenolic OH excluding ortho intramolecular Hbond substituents is 8. The summed E-state index contributed by atoms with van der Waals surface area (Å²) in [5, 5.41) is 82.0. The van der Waals surface area contributed by atoms with Gasteiger partial charge in [0.15, 0.2) is 34.2 Å². The molecule has 0 spiro atoms. The Morgan fingerprint density at radius 2 is 1.36 bits per heavy atom. The van der Waals surface area contributed by atoms with Gasteiger partial charge in [-0.05, 0) is 35.9 Å². The molecule has 0 fully saturated rings. The first kappa shape index (κ1) is 26.2. The topological polar surface area (TPSA) is 218 Å². The number of Topliss-reactive ketones (excluding diaryl/α,β-unsaturated/α-hetero) is 1. The number of fused-ring (bicyclic) bond motifs is 2. The highest BCUT2D eigenvalue weighted by Gasteiger charge is 2.34. The molecule has 212 valence electrons. The molecule has 1 aliphatic heterocycles.